The highest BCUT2D eigenvalue weighted by molar-refractivity contribution is 6.14. The average molecular weight is 376 g/mol. The number of nitro benzene ring substituents is 1. The zero-order valence-electron chi connectivity index (χ0n) is 14.4. The van der Waals surface area contributed by atoms with Gasteiger partial charge in [0.25, 0.3) is 5.69 Å². The molecule has 0 saturated carbocycles. The number of non-ortho nitro benzene ring substituents is 1. The summed E-state index contributed by atoms with van der Waals surface area (Å²) in [6.07, 6.45) is -0.967. The Morgan fingerprint density at radius 1 is 1.26 bits per heavy atom. The summed E-state index contributed by atoms with van der Waals surface area (Å²) in [5.74, 6) is -4.81. The number of β-lactam (4-membered cyclic amide) rings is 1. The number of aliphatic hydroxyl groups is 1. The number of carbonyl (C=O) groups is 4. The number of hydrogen-bond acceptors (Lipinski definition) is 8. The van der Waals surface area contributed by atoms with Crippen LogP contribution in [0.15, 0.2) is 24.3 Å². The molecule has 10 nitrogen and oxygen atoms in total. The van der Waals surface area contributed by atoms with Crippen LogP contribution in [0.3, 0.4) is 0 Å². The summed E-state index contributed by atoms with van der Waals surface area (Å²) in [6.45, 7) is 2.98. The molecule has 2 aliphatic rings. The van der Waals surface area contributed by atoms with Crippen LogP contribution in [-0.4, -0.2) is 56.7 Å². The van der Waals surface area contributed by atoms with E-state index in [1.54, 1.807) is 6.92 Å². The molecule has 2 aliphatic heterocycles. The van der Waals surface area contributed by atoms with Gasteiger partial charge in [0.05, 0.1) is 28.6 Å². The summed E-state index contributed by atoms with van der Waals surface area (Å²) < 4.78 is 4.71. The Labute approximate surface area is 152 Å². The number of fused-ring (bicyclic) bond motifs is 1. The first kappa shape index (κ1) is 18.6. The number of amides is 1. The maximum Gasteiger partial charge on any atom is 0.345 e. The van der Waals surface area contributed by atoms with Crippen molar-refractivity contribution in [3.8, 4) is 0 Å². The lowest BCUT2D eigenvalue weighted by Gasteiger charge is -2.46. The number of benzene rings is 1. The van der Waals surface area contributed by atoms with Crippen molar-refractivity contribution < 1.29 is 33.9 Å². The molecular formula is C17H16N2O8. The SMILES string of the molecule is C[C@@H](O)C1C(=O)N2C(C(=O)OC(=O)c3ccc([N+](=O)[O-])cc3)C(=O)[C@H](C)C12. The third-order valence-corrected chi connectivity index (χ3v) is 4.99. The Hall–Kier alpha value is -3.14. The number of nitrogens with zero attached hydrogens (tertiary/aromatic N) is 2. The van der Waals surface area contributed by atoms with Crippen LogP contribution in [0, 0.1) is 22.0 Å². The Bertz CT molecular complexity index is 847. The van der Waals surface area contributed by atoms with Gasteiger partial charge in [0.1, 0.15) is 0 Å². The minimum atomic E-state index is -1.53. The number of ketones is 1. The van der Waals surface area contributed by atoms with E-state index in [9.17, 15) is 34.4 Å². The van der Waals surface area contributed by atoms with E-state index in [0.717, 1.165) is 29.2 Å². The fourth-order valence-corrected chi connectivity index (χ4v) is 3.61. The molecule has 1 N–H and O–H groups in total. The molecule has 0 aromatic heterocycles. The lowest BCUT2D eigenvalue weighted by molar-refractivity contribution is -0.384. The highest BCUT2D eigenvalue weighted by Gasteiger charge is 2.64. The van der Waals surface area contributed by atoms with E-state index in [0.29, 0.717) is 0 Å². The first-order valence-corrected chi connectivity index (χ1v) is 8.19. The van der Waals surface area contributed by atoms with Crippen molar-refractivity contribution >= 4 is 29.3 Å². The van der Waals surface area contributed by atoms with Crippen LogP contribution in [0.5, 0.6) is 0 Å². The molecule has 1 amide bonds. The topological polar surface area (TPSA) is 144 Å². The molecule has 5 atom stereocenters. The molecule has 0 bridgehead atoms. The molecule has 1 aromatic rings. The number of carbonyl (C=O) groups excluding carboxylic acids is 4. The maximum atomic E-state index is 12.4. The van der Waals surface area contributed by atoms with Crippen LogP contribution in [0.25, 0.3) is 0 Å². The van der Waals surface area contributed by atoms with Crippen molar-refractivity contribution in [1.29, 1.82) is 0 Å². The second-order valence-corrected chi connectivity index (χ2v) is 6.61. The molecule has 10 heteroatoms. The van der Waals surface area contributed by atoms with Crippen molar-refractivity contribution in [2.75, 3.05) is 0 Å². The number of esters is 2. The fraction of sp³-hybridized carbons (Fsp3) is 0.412. The van der Waals surface area contributed by atoms with Crippen LogP contribution in [-0.2, 0) is 19.1 Å². The summed E-state index contributed by atoms with van der Waals surface area (Å²) in [7, 11) is 0. The van der Waals surface area contributed by atoms with Gasteiger partial charge in [0.2, 0.25) is 5.91 Å². The molecule has 0 spiro atoms. The number of aliphatic hydroxyl groups excluding tert-OH is 1. The highest BCUT2D eigenvalue weighted by atomic mass is 16.6. The van der Waals surface area contributed by atoms with E-state index in [1.165, 1.54) is 6.92 Å². The maximum absolute atomic E-state index is 12.4. The molecule has 142 valence electrons. The summed E-state index contributed by atoms with van der Waals surface area (Å²) in [5.41, 5.74) is -0.350. The van der Waals surface area contributed by atoms with Gasteiger partial charge in [-0.1, -0.05) is 6.92 Å². The zero-order chi connectivity index (χ0) is 20.0. The Balaban J connectivity index is 1.74. The minimum absolute atomic E-state index is 0.110. The molecular weight excluding hydrogens is 360 g/mol. The fourth-order valence-electron chi connectivity index (χ4n) is 3.61. The molecule has 27 heavy (non-hydrogen) atoms. The van der Waals surface area contributed by atoms with Gasteiger partial charge in [0.15, 0.2) is 11.8 Å². The van der Waals surface area contributed by atoms with Gasteiger partial charge in [0, 0.05) is 18.1 Å². The molecule has 0 aliphatic carbocycles. The molecule has 2 heterocycles. The second kappa shape index (κ2) is 6.54. The van der Waals surface area contributed by atoms with Crippen molar-refractivity contribution in [1.82, 2.24) is 4.90 Å². The van der Waals surface area contributed by atoms with Gasteiger partial charge in [-0.2, -0.15) is 0 Å². The van der Waals surface area contributed by atoms with E-state index < -0.39 is 58.6 Å². The predicted octanol–water partition coefficient (Wildman–Crippen LogP) is 0.0734. The lowest BCUT2D eigenvalue weighted by Crippen LogP contribution is -2.65. The molecule has 2 fully saturated rings. The molecule has 2 saturated heterocycles. The van der Waals surface area contributed by atoms with Crippen molar-refractivity contribution in [2.24, 2.45) is 11.8 Å². The Morgan fingerprint density at radius 2 is 1.85 bits per heavy atom. The normalized spacial score (nSPS) is 27.6. The standard InChI is InChI=1S/C17H16N2O8/c1-7-12-11(8(2)20)15(22)18(12)13(14(7)21)17(24)27-16(23)9-3-5-10(6-4-9)19(25)26/h3-8,11-13,20H,1-2H3/t7-,8-,11?,12?,13?/m1/s1. The van der Waals surface area contributed by atoms with Crippen LogP contribution in [0.4, 0.5) is 5.69 Å². The first-order chi connectivity index (χ1) is 12.6. The van der Waals surface area contributed by atoms with Crippen molar-refractivity contribution in [3.63, 3.8) is 0 Å². The Kier molecular flexibility index (Phi) is 4.52. The van der Waals surface area contributed by atoms with E-state index in [-0.39, 0.29) is 11.3 Å². The van der Waals surface area contributed by atoms with Gasteiger partial charge < -0.3 is 14.7 Å². The van der Waals surface area contributed by atoms with Crippen LogP contribution in [0.2, 0.25) is 0 Å². The average Bonchev–Trinajstić information content (AvgIpc) is 2.83. The quantitative estimate of drug-likeness (QED) is 0.256. The van der Waals surface area contributed by atoms with Crippen LogP contribution in [0.1, 0.15) is 24.2 Å². The van der Waals surface area contributed by atoms with Crippen LogP contribution >= 0.6 is 0 Å². The van der Waals surface area contributed by atoms with Gasteiger partial charge in [-0.25, -0.2) is 9.59 Å². The molecule has 0 radical (unpaired) electrons. The number of nitro groups is 1. The summed E-state index contributed by atoms with van der Waals surface area (Å²) in [4.78, 5) is 60.0. The van der Waals surface area contributed by atoms with Gasteiger partial charge in [-0.3, -0.25) is 19.7 Å². The summed E-state index contributed by atoms with van der Waals surface area (Å²) in [5, 5.41) is 20.3. The molecule has 3 unspecified atom stereocenters. The van der Waals surface area contributed by atoms with Gasteiger partial charge >= 0.3 is 11.9 Å². The predicted molar refractivity (Wildman–Crippen MR) is 87.3 cm³/mol. The zero-order valence-corrected chi connectivity index (χ0v) is 14.4. The number of Topliss-reactive ketones (excluding diaryl/α,β-unsaturated/α-hetero) is 1. The minimum Gasteiger partial charge on any atom is -0.393 e. The largest absolute Gasteiger partial charge is 0.393 e. The number of hydrogen-bond donors (Lipinski definition) is 1. The van der Waals surface area contributed by atoms with E-state index in [2.05, 4.69) is 0 Å². The van der Waals surface area contributed by atoms with E-state index in [1.807, 2.05) is 0 Å². The van der Waals surface area contributed by atoms with E-state index in [4.69, 9.17) is 4.74 Å². The molecule has 1 aromatic carbocycles. The number of rotatable bonds is 4. The molecule has 3 rings (SSSR count). The highest BCUT2D eigenvalue weighted by Crippen LogP contribution is 2.43. The van der Waals surface area contributed by atoms with Gasteiger partial charge in [-0.15, -0.1) is 0 Å². The van der Waals surface area contributed by atoms with Gasteiger partial charge in [-0.05, 0) is 19.1 Å². The monoisotopic (exact) mass is 376 g/mol. The van der Waals surface area contributed by atoms with Crippen molar-refractivity contribution in [2.45, 2.75) is 32.0 Å². The first-order valence-electron chi connectivity index (χ1n) is 8.19. The van der Waals surface area contributed by atoms with Crippen molar-refractivity contribution in [3.05, 3.63) is 39.9 Å². The smallest absolute Gasteiger partial charge is 0.345 e. The third-order valence-electron chi connectivity index (χ3n) is 4.99. The Morgan fingerprint density at radius 3 is 2.37 bits per heavy atom. The second-order valence-electron chi connectivity index (χ2n) is 6.61. The van der Waals surface area contributed by atoms with Crippen LogP contribution < -0.4 is 0 Å². The van der Waals surface area contributed by atoms with E-state index >= 15 is 0 Å². The summed E-state index contributed by atoms with van der Waals surface area (Å²) >= 11 is 0. The third kappa shape index (κ3) is 2.87. The number of ether oxygens (including phenoxy) is 1. The summed E-state index contributed by atoms with van der Waals surface area (Å²) in [6, 6.07) is 2.24. The lowest BCUT2D eigenvalue weighted by atomic mass is 9.79.